The molecule has 0 saturated heterocycles. The van der Waals surface area contributed by atoms with Crippen LogP contribution in [-0.4, -0.2) is 29.1 Å². The van der Waals surface area contributed by atoms with Crippen molar-refractivity contribution in [3.05, 3.63) is 23.7 Å². The maximum Gasteiger partial charge on any atom is 0.326 e. The number of aliphatic carboxylic acids is 1. The van der Waals surface area contributed by atoms with Gasteiger partial charge in [-0.25, -0.2) is 9.59 Å². The van der Waals surface area contributed by atoms with E-state index in [-0.39, 0.29) is 6.54 Å². The van der Waals surface area contributed by atoms with Crippen molar-refractivity contribution in [2.24, 2.45) is 5.73 Å². The summed E-state index contributed by atoms with van der Waals surface area (Å²) in [6.07, 6.45) is -0.470. The highest BCUT2D eigenvalue weighted by Crippen LogP contribution is 2.05. The van der Waals surface area contributed by atoms with E-state index in [1.165, 1.54) is 0 Å². The fourth-order valence-electron chi connectivity index (χ4n) is 1.36. The van der Waals surface area contributed by atoms with E-state index < -0.39 is 30.4 Å². The van der Waals surface area contributed by atoms with E-state index in [1.54, 1.807) is 19.1 Å². The molecule has 104 valence electrons. The first-order valence-corrected chi connectivity index (χ1v) is 5.49. The van der Waals surface area contributed by atoms with Gasteiger partial charge in [0.25, 0.3) is 0 Å². The summed E-state index contributed by atoms with van der Waals surface area (Å²) in [4.78, 5) is 32.9. The van der Waals surface area contributed by atoms with Crippen molar-refractivity contribution in [3.63, 3.8) is 0 Å². The average molecular weight is 269 g/mol. The molecule has 0 aliphatic carbocycles. The highest BCUT2D eigenvalue weighted by Gasteiger charge is 2.21. The molecule has 0 saturated carbocycles. The zero-order valence-electron chi connectivity index (χ0n) is 10.3. The minimum absolute atomic E-state index is 0.114. The topological polar surface area (TPSA) is 135 Å². The molecule has 0 radical (unpaired) electrons. The number of carboxylic acids is 1. The van der Waals surface area contributed by atoms with Gasteiger partial charge in [0.2, 0.25) is 5.91 Å². The summed E-state index contributed by atoms with van der Waals surface area (Å²) in [7, 11) is 0. The smallest absolute Gasteiger partial charge is 0.326 e. The third kappa shape index (κ3) is 5.11. The Morgan fingerprint density at radius 1 is 1.42 bits per heavy atom. The summed E-state index contributed by atoms with van der Waals surface area (Å²) >= 11 is 0. The molecule has 1 heterocycles. The van der Waals surface area contributed by atoms with Gasteiger partial charge in [0.15, 0.2) is 0 Å². The second-order valence-corrected chi connectivity index (χ2v) is 3.90. The van der Waals surface area contributed by atoms with Crippen LogP contribution in [0.3, 0.4) is 0 Å². The molecule has 0 aliphatic heterocycles. The van der Waals surface area contributed by atoms with Crippen LogP contribution in [0.25, 0.3) is 0 Å². The molecule has 0 fully saturated rings. The number of nitrogens with one attached hydrogen (secondary N) is 2. The van der Waals surface area contributed by atoms with Gasteiger partial charge in [-0.1, -0.05) is 0 Å². The van der Waals surface area contributed by atoms with Crippen molar-refractivity contribution in [3.8, 4) is 0 Å². The fraction of sp³-hybridized carbons (Fsp3) is 0.364. The first-order chi connectivity index (χ1) is 8.88. The number of hydrogen-bond acceptors (Lipinski definition) is 4. The highest BCUT2D eigenvalue weighted by molar-refractivity contribution is 5.87. The van der Waals surface area contributed by atoms with E-state index in [0.717, 1.165) is 0 Å². The molecule has 1 rings (SSSR count). The number of urea groups is 1. The third-order valence-corrected chi connectivity index (χ3v) is 2.23. The molecule has 0 aromatic carbocycles. The van der Waals surface area contributed by atoms with Gasteiger partial charge in [-0.15, -0.1) is 0 Å². The van der Waals surface area contributed by atoms with Crippen LogP contribution in [0.1, 0.15) is 17.9 Å². The monoisotopic (exact) mass is 269 g/mol. The summed E-state index contributed by atoms with van der Waals surface area (Å²) in [6.45, 7) is 1.87. The number of carbonyl (C=O) groups is 3. The molecule has 0 spiro atoms. The molecule has 19 heavy (non-hydrogen) atoms. The molecular formula is C11H15N3O5. The normalized spacial score (nSPS) is 11.6. The lowest BCUT2D eigenvalue weighted by Gasteiger charge is -2.13. The molecule has 5 N–H and O–H groups in total. The average Bonchev–Trinajstić information content (AvgIpc) is 2.71. The van der Waals surface area contributed by atoms with Crippen LogP contribution >= 0.6 is 0 Å². The van der Waals surface area contributed by atoms with Gasteiger partial charge in [0.05, 0.1) is 13.0 Å². The van der Waals surface area contributed by atoms with Crippen LogP contribution in [0, 0.1) is 6.92 Å². The Morgan fingerprint density at radius 3 is 2.58 bits per heavy atom. The van der Waals surface area contributed by atoms with Crippen LogP contribution in [0.15, 0.2) is 16.5 Å². The third-order valence-electron chi connectivity index (χ3n) is 2.23. The predicted molar refractivity (Wildman–Crippen MR) is 64.1 cm³/mol. The molecular weight excluding hydrogens is 254 g/mol. The van der Waals surface area contributed by atoms with Crippen molar-refractivity contribution in [2.75, 3.05) is 0 Å². The van der Waals surface area contributed by atoms with Crippen LogP contribution in [0.4, 0.5) is 4.79 Å². The first kappa shape index (κ1) is 14.6. The van der Waals surface area contributed by atoms with Gasteiger partial charge in [-0.05, 0) is 19.1 Å². The molecule has 0 bridgehead atoms. The van der Waals surface area contributed by atoms with Gasteiger partial charge < -0.3 is 25.9 Å². The molecule has 0 aliphatic rings. The van der Waals surface area contributed by atoms with Gasteiger partial charge in [0, 0.05) is 0 Å². The SMILES string of the molecule is Cc1ccc(CNC(=O)N[C@@H](CC(N)=O)C(=O)O)o1. The number of carbonyl (C=O) groups excluding carboxylic acids is 2. The summed E-state index contributed by atoms with van der Waals surface area (Å²) in [5.41, 5.74) is 4.89. The number of furan rings is 1. The number of nitrogens with two attached hydrogens (primary N) is 1. The van der Waals surface area contributed by atoms with Crippen molar-refractivity contribution in [1.82, 2.24) is 10.6 Å². The molecule has 1 atom stereocenters. The van der Waals surface area contributed by atoms with Crippen LogP contribution < -0.4 is 16.4 Å². The Bertz CT molecular complexity index is 482. The number of rotatable bonds is 6. The Kier molecular flexibility index (Phi) is 4.92. The molecule has 3 amide bonds. The fourth-order valence-corrected chi connectivity index (χ4v) is 1.36. The summed E-state index contributed by atoms with van der Waals surface area (Å²) < 4.78 is 5.22. The first-order valence-electron chi connectivity index (χ1n) is 5.49. The lowest BCUT2D eigenvalue weighted by atomic mass is 10.2. The van der Waals surface area contributed by atoms with Gasteiger partial charge in [-0.3, -0.25) is 4.79 Å². The van der Waals surface area contributed by atoms with Crippen LogP contribution in [-0.2, 0) is 16.1 Å². The minimum Gasteiger partial charge on any atom is -0.480 e. The zero-order chi connectivity index (χ0) is 14.4. The second-order valence-electron chi connectivity index (χ2n) is 3.90. The van der Waals surface area contributed by atoms with E-state index in [1.807, 2.05) is 0 Å². The number of hydrogen-bond donors (Lipinski definition) is 4. The Hall–Kier alpha value is -2.51. The molecule has 8 nitrogen and oxygen atoms in total. The van der Waals surface area contributed by atoms with Gasteiger partial charge in [0.1, 0.15) is 17.6 Å². The molecule has 8 heteroatoms. The standard InChI is InChI=1S/C11H15N3O5/c1-6-2-3-7(19-6)5-13-11(18)14-8(10(16)17)4-9(12)15/h2-3,8H,4-5H2,1H3,(H2,12,15)(H,16,17)(H2,13,14,18)/t8-/m0/s1. The Labute approximate surface area is 108 Å². The summed E-state index contributed by atoms with van der Waals surface area (Å²) in [5.74, 6) is -0.902. The Morgan fingerprint density at radius 2 is 2.11 bits per heavy atom. The van der Waals surface area contributed by atoms with E-state index in [4.69, 9.17) is 15.3 Å². The van der Waals surface area contributed by atoms with Crippen LogP contribution in [0.5, 0.6) is 0 Å². The van der Waals surface area contributed by atoms with Crippen molar-refractivity contribution < 1.29 is 23.9 Å². The number of primary amides is 1. The van der Waals surface area contributed by atoms with Crippen LogP contribution in [0.2, 0.25) is 0 Å². The maximum atomic E-state index is 11.4. The Balaban J connectivity index is 2.44. The van der Waals surface area contributed by atoms with Crippen molar-refractivity contribution >= 4 is 17.9 Å². The van der Waals surface area contributed by atoms with E-state index in [9.17, 15) is 14.4 Å². The lowest BCUT2D eigenvalue weighted by molar-refractivity contribution is -0.140. The molecule has 1 aromatic heterocycles. The number of aryl methyl sites for hydroxylation is 1. The summed E-state index contributed by atoms with van der Waals surface area (Å²) in [5, 5.41) is 13.3. The van der Waals surface area contributed by atoms with Crippen molar-refractivity contribution in [2.45, 2.75) is 25.9 Å². The largest absolute Gasteiger partial charge is 0.480 e. The quantitative estimate of drug-likeness (QED) is 0.563. The van der Waals surface area contributed by atoms with Gasteiger partial charge >= 0.3 is 12.0 Å². The zero-order valence-corrected chi connectivity index (χ0v) is 10.3. The van der Waals surface area contributed by atoms with Gasteiger partial charge in [-0.2, -0.15) is 0 Å². The molecule has 1 aromatic rings. The molecule has 0 unspecified atom stereocenters. The summed E-state index contributed by atoms with van der Waals surface area (Å²) in [6, 6.07) is 1.36. The maximum absolute atomic E-state index is 11.4. The van der Waals surface area contributed by atoms with E-state index >= 15 is 0 Å². The second kappa shape index (κ2) is 6.43. The predicted octanol–water partition coefficient (Wildman–Crippen LogP) is -0.284. The lowest BCUT2D eigenvalue weighted by Crippen LogP contribution is -2.47. The highest BCUT2D eigenvalue weighted by atomic mass is 16.4. The van der Waals surface area contributed by atoms with E-state index in [2.05, 4.69) is 10.6 Å². The van der Waals surface area contributed by atoms with E-state index in [0.29, 0.717) is 11.5 Å². The number of amides is 3. The minimum atomic E-state index is -1.35. The number of carboxylic acid groups (broad SMARTS) is 1. The van der Waals surface area contributed by atoms with Crippen molar-refractivity contribution in [1.29, 1.82) is 0 Å².